The molecule has 0 aliphatic carbocycles. The summed E-state index contributed by atoms with van der Waals surface area (Å²) in [5.74, 6) is -0.175. The first-order valence-electron chi connectivity index (χ1n) is 7.88. The number of fused-ring (bicyclic) bond motifs is 1. The zero-order valence-corrected chi connectivity index (χ0v) is 13.9. The Balaban J connectivity index is 1.74. The summed E-state index contributed by atoms with van der Waals surface area (Å²) in [6.07, 6.45) is 2.53. The van der Waals surface area contributed by atoms with E-state index in [-0.39, 0.29) is 18.1 Å². The first-order valence-corrected chi connectivity index (χ1v) is 7.88. The van der Waals surface area contributed by atoms with Gasteiger partial charge in [-0.15, -0.1) is 0 Å². The van der Waals surface area contributed by atoms with E-state index in [1.54, 1.807) is 0 Å². The number of pyridine rings is 1. The lowest BCUT2D eigenvalue weighted by atomic mass is 9.99. The number of carbonyl (C=O) groups is 1. The summed E-state index contributed by atoms with van der Waals surface area (Å²) < 4.78 is 5.75. The maximum atomic E-state index is 12.5. The summed E-state index contributed by atoms with van der Waals surface area (Å²) in [4.78, 5) is 16.9. The molecule has 3 rings (SSSR count). The van der Waals surface area contributed by atoms with E-state index >= 15 is 0 Å². The van der Waals surface area contributed by atoms with Gasteiger partial charge in [0.25, 0.3) is 5.91 Å². The molecule has 0 spiro atoms. The summed E-state index contributed by atoms with van der Waals surface area (Å²) in [6.45, 7) is 8.37. The van der Waals surface area contributed by atoms with E-state index in [4.69, 9.17) is 4.74 Å². The van der Waals surface area contributed by atoms with Crippen LogP contribution in [0.2, 0.25) is 0 Å². The van der Waals surface area contributed by atoms with Gasteiger partial charge in [0.15, 0.2) is 5.69 Å². The third-order valence-corrected chi connectivity index (χ3v) is 4.19. The summed E-state index contributed by atoms with van der Waals surface area (Å²) in [5, 5.41) is 10.1. The molecule has 0 radical (unpaired) electrons. The van der Waals surface area contributed by atoms with Crippen LogP contribution >= 0.6 is 0 Å². The molecule has 2 aromatic heterocycles. The van der Waals surface area contributed by atoms with E-state index in [0.29, 0.717) is 18.7 Å². The van der Waals surface area contributed by atoms with Crippen molar-refractivity contribution in [1.29, 1.82) is 0 Å². The Kier molecular flexibility index (Phi) is 4.17. The number of aromatic nitrogens is 3. The summed E-state index contributed by atoms with van der Waals surface area (Å²) in [6, 6.07) is 2.06. The van der Waals surface area contributed by atoms with Gasteiger partial charge in [0, 0.05) is 18.2 Å². The standard InChI is InChI=1S/C17H22N4O2/c1-9-5-10(2)14(18-7-9)8-19-17(22)16-13-6-11(3)23-12(4)15(13)20-21-16/h5,7,11-12H,6,8H2,1-4H3,(H,19,22)(H,20,21)/t11-,12+/m1/s1. The number of hydrogen-bond donors (Lipinski definition) is 2. The van der Waals surface area contributed by atoms with Gasteiger partial charge in [0.1, 0.15) is 0 Å². The molecular formula is C17H22N4O2. The molecule has 6 heteroatoms. The highest BCUT2D eigenvalue weighted by atomic mass is 16.5. The van der Waals surface area contributed by atoms with E-state index in [1.165, 1.54) is 0 Å². The number of nitrogens with one attached hydrogen (secondary N) is 2. The third-order valence-electron chi connectivity index (χ3n) is 4.19. The molecule has 0 saturated carbocycles. The maximum Gasteiger partial charge on any atom is 0.272 e. The van der Waals surface area contributed by atoms with Crippen LogP contribution in [0.1, 0.15) is 58.5 Å². The average Bonchev–Trinajstić information content (AvgIpc) is 2.90. The molecule has 0 bridgehead atoms. The van der Waals surface area contributed by atoms with Crippen molar-refractivity contribution >= 4 is 5.91 Å². The van der Waals surface area contributed by atoms with Gasteiger partial charge >= 0.3 is 0 Å². The smallest absolute Gasteiger partial charge is 0.272 e. The second-order valence-electron chi connectivity index (χ2n) is 6.22. The Morgan fingerprint density at radius 3 is 2.96 bits per heavy atom. The molecule has 1 amide bonds. The van der Waals surface area contributed by atoms with Crippen molar-refractivity contribution in [1.82, 2.24) is 20.5 Å². The largest absolute Gasteiger partial charge is 0.369 e. The molecule has 2 N–H and O–H groups in total. The first kappa shape index (κ1) is 15.7. The molecule has 2 aromatic rings. The fourth-order valence-corrected chi connectivity index (χ4v) is 3.04. The van der Waals surface area contributed by atoms with E-state index in [1.807, 2.05) is 33.9 Å². The Hall–Kier alpha value is -2.21. The Bertz CT molecular complexity index is 738. The number of rotatable bonds is 3. The maximum absolute atomic E-state index is 12.5. The quantitative estimate of drug-likeness (QED) is 0.911. The molecule has 1 aliphatic rings. The number of carbonyl (C=O) groups excluding carboxylic acids is 1. The molecule has 0 fully saturated rings. The van der Waals surface area contributed by atoms with Crippen LogP contribution in [-0.2, 0) is 17.7 Å². The Labute approximate surface area is 135 Å². The zero-order valence-electron chi connectivity index (χ0n) is 13.9. The number of aryl methyl sites for hydroxylation is 2. The fourth-order valence-electron chi connectivity index (χ4n) is 3.04. The number of ether oxygens (including phenoxy) is 1. The number of aromatic amines is 1. The average molecular weight is 314 g/mol. The number of hydrogen-bond acceptors (Lipinski definition) is 4. The van der Waals surface area contributed by atoms with Crippen molar-refractivity contribution in [2.24, 2.45) is 0 Å². The zero-order chi connectivity index (χ0) is 16.6. The lowest BCUT2D eigenvalue weighted by Gasteiger charge is -2.25. The molecule has 0 saturated heterocycles. The van der Waals surface area contributed by atoms with E-state index < -0.39 is 0 Å². The van der Waals surface area contributed by atoms with Gasteiger partial charge < -0.3 is 10.1 Å². The predicted octanol–water partition coefficient (Wildman–Crippen LogP) is 2.37. The topological polar surface area (TPSA) is 79.9 Å². The van der Waals surface area contributed by atoms with Crippen LogP contribution in [0, 0.1) is 13.8 Å². The molecule has 23 heavy (non-hydrogen) atoms. The summed E-state index contributed by atoms with van der Waals surface area (Å²) in [7, 11) is 0. The van der Waals surface area contributed by atoms with Crippen molar-refractivity contribution in [2.45, 2.75) is 52.9 Å². The Morgan fingerprint density at radius 2 is 2.22 bits per heavy atom. The lowest BCUT2D eigenvalue weighted by Crippen LogP contribution is -2.28. The van der Waals surface area contributed by atoms with Gasteiger partial charge in [-0.3, -0.25) is 14.9 Å². The van der Waals surface area contributed by atoms with Crippen LogP contribution in [0.5, 0.6) is 0 Å². The molecule has 6 nitrogen and oxygen atoms in total. The Morgan fingerprint density at radius 1 is 1.43 bits per heavy atom. The van der Waals surface area contributed by atoms with Crippen LogP contribution in [0.3, 0.4) is 0 Å². The molecule has 0 aromatic carbocycles. The molecule has 2 atom stereocenters. The van der Waals surface area contributed by atoms with Gasteiger partial charge in [-0.2, -0.15) is 5.10 Å². The van der Waals surface area contributed by atoms with E-state index in [2.05, 4.69) is 26.6 Å². The molecule has 0 unspecified atom stereocenters. The fraction of sp³-hybridized carbons (Fsp3) is 0.471. The second-order valence-corrected chi connectivity index (χ2v) is 6.22. The van der Waals surface area contributed by atoms with Crippen molar-refractivity contribution in [2.75, 3.05) is 0 Å². The molecule has 122 valence electrons. The van der Waals surface area contributed by atoms with Crippen molar-refractivity contribution in [3.8, 4) is 0 Å². The highest BCUT2D eigenvalue weighted by Crippen LogP contribution is 2.30. The number of nitrogens with zero attached hydrogens (tertiary/aromatic N) is 2. The molecule has 3 heterocycles. The third kappa shape index (κ3) is 3.12. The SMILES string of the molecule is Cc1cnc(CNC(=O)c2n[nH]c3c2C[C@@H](C)O[C@H]3C)c(C)c1. The minimum Gasteiger partial charge on any atom is -0.369 e. The van der Waals surface area contributed by atoms with Crippen molar-refractivity contribution < 1.29 is 9.53 Å². The van der Waals surface area contributed by atoms with Gasteiger partial charge in [-0.05, 0) is 38.8 Å². The second kappa shape index (κ2) is 6.12. The minimum absolute atomic E-state index is 0.0659. The van der Waals surface area contributed by atoms with Crippen molar-refractivity contribution in [3.63, 3.8) is 0 Å². The van der Waals surface area contributed by atoms with Crippen molar-refractivity contribution in [3.05, 3.63) is 46.0 Å². The van der Waals surface area contributed by atoms with Crippen LogP contribution in [-0.4, -0.2) is 27.2 Å². The summed E-state index contributed by atoms with van der Waals surface area (Å²) >= 11 is 0. The lowest BCUT2D eigenvalue weighted by molar-refractivity contribution is -0.00697. The molecular weight excluding hydrogens is 292 g/mol. The van der Waals surface area contributed by atoms with E-state index in [0.717, 1.165) is 28.1 Å². The highest BCUT2D eigenvalue weighted by molar-refractivity contribution is 5.94. The molecule has 1 aliphatic heterocycles. The van der Waals surface area contributed by atoms with Gasteiger partial charge in [-0.25, -0.2) is 0 Å². The first-order chi connectivity index (χ1) is 11.0. The summed E-state index contributed by atoms with van der Waals surface area (Å²) in [5.41, 5.74) is 5.39. The number of amides is 1. The van der Waals surface area contributed by atoms with Crippen LogP contribution in [0.25, 0.3) is 0 Å². The van der Waals surface area contributed by atoms with E-state index in [9.17, 15) is 4.79 Å². The van der Waals surface area contributed by atoms with Gasteiger partial charge in [0.05, 0.1) is 30.1 Å². The van der Waals surface area contributed by atoms with Gasteiger partial charge in [0.2, 0.25) is 0 Å². The van der Waals surface area contributed by atoms with Crippen LogP contribution < -0.4 is 5.32 Å². The predicted molar refractivity (Wildman–Crippen MR) is 86.1 cm³/mol. The number of H-pyrrole nitrogens is 1. The minimum atomic E-state index is -0.175. The van der Waals surface area contributed by atoms with Crippen LogP contribution in [0.15, 0.2) is 12.3 Å². The van der Waals surface area contributed by atoms with Gasteiger partial charge in [-0.1, -0.05) is 6.07 Å². The normalized spacial score (nSPS) is 20.2. The van der Waals surface area contributed by atoms with Crippen LogP contribution in [0.4, 0.5) is 0 Å². The monoisotopic (exact) mass is 314 g/mol. The highest BCUT2D eigenvalue weighted by Gasteiger charge is 2.29.